The van der Waals surface area contributed by atoms with Crippen LogP contribution in [0.5, 0.6) is 0 Å². The molecule has 2 aliphatic heterocycles. The van der Waals surface area contributed by atoms with Gasteiger partial charge in [0.25, 0.3) is 5.91 Å². The molecule has 2 heterocycles. The minimum Gasteiger partial charge on any atom is -0.445 e. The maximum absolute atomic E-state index is 14.8. The van der Waals surface area contributed by atoms with Gasteiger partial charge in [0.15, 0.2) is 0 Å². The average Bonchev–Trinajstić information content (AvgIpc) is 1.80. The van der Waals surface area contributed by atoms with Gasteiger partial charge in [-0.15, -0.1) is 0 Å². The molecule has 1 unspecified atom stereocenters. The molecule has 5 rings (SSSR count). The topological polar surface area (TPSA) is 336 Å². The van der Waals surface area contributed by atoms with Crippen LogP contribution in [0.3, 0.4) is 0 Å². The van der Waals surface area contributed by atoms with E-state index in [2.05, 4.69) is 31.3 Å². The molecule has 3 fully saturated rings. The Morgan fingerprint density at radius 2 is 1.27 bits per heavy atom. The van der Waals surface area contributed by atoms with Crippen molar-refractivity contribution in [2.45, 2.75) is 213 Å². The van der Waals surface area contributed by atoms with Gasteiger partial charge >= 0.3 is 6.09 Å². The number of ether oxygens (including phenoxy) is 5. The van der Waals surface area contributed by atoms with E-state index in [4.69, 9.17) is 23.7 Å². The second-order valence-electron chi connectivity index (χ2n) is 27.3. The van der Waals surface area contributed by atoms with Crippen LogP contribution in [-0.4, -0.2) is 221 Å². The van der Waals surface area contributed by atoms with Crippen molar-refractivity contribution in [3.8, 4) is 0 Å². The van der Waals surface area contributed by atoms with Crippen molar-refractivity contribution in [2.24, 2.45) is 29.6 Å². The molecule has 27 nitrogen and oxygen atoms in total. The fourth-order valence-corrected chi connectivity index (χ4v) is 13.9. The van der Waals surface area contributed by atoms with Crippen molar-refractivity contribution < 1.29 is 80.0 Å². The first-order chi connectivity index (χ1) is 47.0. The Labute approximate surface area is 585 Å². The van der Waals surface area contributed by atoms with Crippen LogP contribution in [0.15, 0.2) is 54.6 Å². The molecule has 0 bridgehead atoms. The van der Waals surface area contributed by atoms with E-state index in [1.807, 2.05) is 27.7 Å². The molecule has 554 valence electrons. The second-order valence-corrected chi connectivity index (χ2v) is 29.3. The summed E-state index contributed by atoms with van der Waals surface area (Å²) < 4.78 is 56.7. The van der Waals surface area contributed by atoms with Gasteiger partial charge in [0.05, 0.1) is 74.7 Å². The number of likely N-dealkylation sites (tertiary alicyclic amines) is 2. The van der Waals surface area contributed by atoms with Crippen LogP contribution in [0.25, 0.3) is 0 Å². The first kappa shape index (κ1) is 82.4. The van der Waals surface area contributed by atoms with Crippen molar-refractivity contribution in [3.63, 3.8) is 0 Å². The molecule has 2 aromatic carbocycles. The first-order valence-corrected chi connectivity index (χ1v) is 36.7. The van der Waals surface area contributed by atoms with Crippen molar-refractivity contribution in [1.29, 1.82) is 0 Å². The van der Waals surface area contributed by atoms with E-state index in [0.29, 0.717) is 81.4 Å². The Hall–Kier alpha value is -7.27. The van der Waals surface area contributed by atoms with Crippen LogP contribution in [0.1, 0.15) is 151 Å². The van der Waals surface area contributed by atoms with Crippen molar-refractivity contribution in [2.75, 3.05) is 79.7 Å². The molecule has 2 aromatic rings. The van der Waals surface area contributed by atoms with E-state index in [-0.39, 0.29) is 94.3 Å². The fourth-order valence-electron chi connectivity index (χ4n) is 12.6. The number of hydrogen-bond acceptors (Lipinski definition) is 17. The standard InChI is InChI=1S/C71H112N10O17S/c1-15-46(7)63(57(94-13)42-60(84)81-34-20-23-56(81)64(95-14)48(9)65(85)75-55(41-50-21-18-17-19-22-50)68(88)77-99(92,93)54-28-29-54)78(11)70(90)61(44(3)4)76-69(89)62(45(5)6)79(12)71(91)98-43-51-24-26-53(27-25-51)74-66(86)49(10)73-58(82)32-37-96-39-40-97-38-33-59(83)80-35-30-52(31-36-80)67(87)72-47(8)16-2/h17-19,21-22,24-27,44-49,52,54-57,61-64H,15-16,20,23,28-43H2,1-14H3,(H,72,87)(H,73,82)(H,74,86)(H,75,85)(H,76,89)(H,77,88)/t46-,47?,48+,49-,55-,56-,57+,61-,62-,63-,64+/m0/s1. The molecule has 0 spiro atoms. The highest BCUT2D eigenvalue weighted by molar-refractivity contribution is 7.91. The number of sulfonamides is 1. The monoisotopic (exact) mass is 1410 g/mol. The molecule has 2 saturated heterocycles. The van der Waals surface area contributed by atoms with E-state index in [0.717, 1.165) is 6.42 Å². The molecule has 99 heavy (non-hydrogen) atoms. The van der Waals surface area contributed by atoms with Gasteiger partial charge in [0, 0.05) is 78.4 Å². The summed E-state index contributed by atoms with van der Waals surface area (Å²) >= 11 is 0. The summed E-state index contributed by atoms with van der Waals surface area (Å²) in [5.41, 5.74) is 1.70. The first-order valence-electron chi connectivity index (χ1n) is 35.1. The Kier molecular flexibility index (Phi) is 33.5. The largest absolute Gasteiger partial charge is 0.445 e. The lowest BCUT2D eigenvalue weighted by atomic mass is 9.89. The number of anilines is 1. The summed E-state index contributed by atoms with van der Waals surface area (Å²) in [4.78, 5) is 142. The van der Waals surface area contributed by atoms with E-state index in [1.165, 1.54) is 31.1 Å². The van der Waals surface area contributed by atoms with Gasteiger partial charge in [-0.2, -0.15) is 0 Å². The van der Waals surface area contributed by atoms with Crippen molar-refractivity contribution in [1.82, 2.24) is 45.6 Å². The molecular weight excluding hydrogens is 1300 g/mol. The van der Waals surface area contributed by atoms with Gasteiger partial charge in [0.2, 0.25) is 57.3 Å². The number of nitrogens with one attached hydrogen (secondary N) is 6. The number of carbonyl (C=O) groups is 10. The summed E-state index contributed by atoms with van der Waals surface area (Å²) in [7, 11) is 2.06. The Morgan fingerprint density at radius 3 is 1.85 bits per heavy atom. The number of likely N-dealkylation sites (N-methyl/N-ethyl adjacent to an activating group) is 2. The number of amides is 10. The van der Waals surface area contributed by atoms with Gasteiger partial charge in [-0.25, -0.2) is 13.2 Å². The van der Waals surface area contributed by atoms with Crippen LogP contribution in [0.2, 0.25) is 0 Å². The molecule has 28 heteroatoms. The summed E-state index contributed by atoms with van der Waals surface area (Å²) in [6, 6.07) is 10.1. The highest BCUT2D eigenvalue weighted by Gasteiger charge is 2.45. The summed E-state index contributed by atoms with van der Waals surface area (Å²) in [6.07, 6.45) is 2.36. The van der Waals surface area contributed by atoms with E-state index in [9.17, 15) is 56.4 Å². The Bertz CT molecular complexity index is 3090. The van der Waals surface area contributed by atoms with Gasteiger partial charge in [-0.1, -0.05) is 104 Å². The molecule has 0 aromatic heterocycles. The third kappa shape index (κ3) is 25.1. The quantitative estimate of drug-likeness (QED) is 0.0473. The number of hydrogen-bond donors (Lipinski definition) is 6. The number of piperidine rings is 1. The van der Waals surface area contributed by atoms with Crippen LogP contribution in [0, 0.1) is 29.6 Å². The van der Waals surface area contributed by atoms with E-state index in [1.54, 1.807) is 113 Å². The molecule has 1 saturated carbocycles. The molecule has 3 aliphatic rings. The molecule has 11 atom stereocenters. The smallest absolute Gasteiger partial charge is 0.410 e. The van der Waals surface area contributed by atoms with Gasteiger partial charge in [-0.3, -0.25) is 52.8 Å². The van der Waals surface area contributed by atoms with E-state index < -0.39 is 123 Å². The lowest BCUT2D eigenvalue weighted by Gasteiger charge is -2.41. The molecule has 6 N–H and O–H groups in total. The van der Waals surface area contributed by atoms with Crippen LogP contribution in [-0.2, 0) is 89.9 Å². The lowest BCUT2D eigenvalue weighted by molar-refractivity contribution is -0.148. The Balaban J connectivity index is 1.08. The van der Waals surface area contributed by atoms with Crippen molar-refractivity contribution in [3.05, 3.63) is 65.7 Å². The number of benzene rings is 2. The zero-order valence-electron chi connectivity index (χ0n) is 60.6. The molecule has 10 amide bonds. The summed E-state index contributed by atoms with van der Waals surface area (Å²) in [5.74, 6) is -5.64. The summed E-state index contributed by atoms with van der Waals surface area (Å²) in [5, 5.41) is 13.5. The lowest BCUT2D eigenvalue weighted by Crippen LogP contribution is -2.60. The molecule has 1 aliphatic carbocycles. The number of carbonyl (C=O) groups excluding carboxylic acids is 10. The normalized spacial score (nSPS) is 18.1. The minimum atomic E-state index is -3.92. The SMILES string of the molecule is CCC(C)NC(=O)C1CCN(C(=O)CCOCCOCCC(=O)N[C@@H](C)C(=O)Nc2ccc(COC(=O)N(C)[C@H](C(=O)N[C@H](C(=O)N(C)[C@@H]([C@@H](C)CC)[C@@H](CC(=O)N3CCC[C@H]3[C@H](OC)[C@@H](C)C(=O)N[C@@H](Cc3ccccc3)C(=O)NS(=O)(=O)C3CC3)OC)C(C)C)C(C)C)cc2)CC1. The average molecular weight is 1410 g/mol. The zero-order valence-corrected chi connectivity index (χ0v) is 61.5. The third-order valence-corrected chi connectivity index (χ3v) is 20.9. The Morgan fingerprint density at radius 1 is 0.636 bits per heavy atom. The van der Waals surface area contributed by atoms with Gasteiger partial charge < -0.3 is 65.0 Å². The maximum atomic E-state index is 14.8. The van der Waals surface area contributed by atoms with Gasteiger partial charge in [-0.05, 0) is 99.8 Å². The van der Waals surface area contributed by atoms with Crippen LogP contribution >= 0.6 is 0 Å². The van der Waals surface area contributed by atoms with Crippen LogP contribution < -0.4 is 31.3 Å². The molecule has 0 radical (unpaired) electrons. The highest BCUT2D eigenvalue weighted by atomic mass is 32.2. The predicted octanol–water partition coefficient (Wildman–Crippen LogP) is 5.09. The maximum Gasteiger partial charge on any atom is 0.410 e. The zero-order chi connectivity index (χ0) is 73.3. The number of methoxy groups -OCH3 is 2. The number of rotatable bonds is 40. The summed E-state index contributed by atoms with van der Waals surface area (Å²) in [6.45, 7) is 20.2. The van der Waals surface area contributed by atoms with Crippen LogP contribution in [0.4, 0.5) is 10.5 Å². The third-order valence-electron chi connectivity index (χ3n) is 19.1. The van der Waals surface area contributed by atoms with Crippen molar-refractivity contribution >= 4 is 75.0 Å². The second kappa shape index (κ2) is 40.2. The van der Waals surface area contributed by atoms with E-state index >= 15 is 0 Å². The predicted molar refractivity (Wildman–Crippen MR) is 372 cm³/mol. The highest BCUT2D eigenvalue weighted by Crippen LogP contribution is 2.31. The minimum absolute atomic E-state index is 0.00174. The fraction of sp³-hybridized carbons (Fsp3) is 0.690. The molecular formula is C71H112N10O17S. The number of nitrogens with zero attached hydrogens (tertiary/aromatic N) is 4. The van der Waals surface area contributed by atoms with Gasteiger partial charge in [0.1, 0.15) is 30.8 Å².